The number of aromatic nitrogens is 2. The Labute approximate surface area is 163 Å². The van der Waals surface area contributed by atoms with Crippen LogP contribution < -0.4 is 5.32 Å². The van der Waals surface area contributed by atoms with Gasteiger partial charge in [0.1, 0.15) is 0 Å². The lowest BCUT2D eigenvalue weighted by molar-refractivity contribution is -0.136. The van der Waals surface area contributed by atoms with Gasteiger partial charge in [-0.05, 0) is 45.6 Å². The molecule has 1 aromatic carbocycles. The maximum Gasteiger partial charge on any atom is 0.236 e. The first-order chi connectivity index (χ1) is 12.5. The van der Waals surface area contributed by atoms with Gasteiger partial charge in [0, 0.05) is 18.6 Å². The van der Waals surface area contributed by atoms with Crippen LogP contribution in [-0.2, 0) is 11.3 Å². The Morgan fingerprint density at radius 2 is 1.96 bits per heavy atom. The molecule has 0 radical (unpaired) electrons. The summed E-state index contributed by atoms with van der Waals surface area (Å²) in [4.78, 5) is 15.0. The van der Waals surface area contributed by atoms with Crippen molar-refractivity contribution in [2.75, 3.05) is 5.32 Å². The SMILES string of the molecule is C[C@@H]1CCC[C@H](C)N1C(=O)[C@@H](C)Sc1nnc(NCc2ccccc2)s1. The second kappa shape index (κ2) is 8.86. The normalized spacial score (nSPS) is 21.4. The zero-order chi connectivity index (χ0) is 18.5. The van der Waals surface area contributed by atoms with Gasteiger partial charge >= 0.3 is 0 Å². The highest BCUT2D eigenvalue weighted by molar-refractivity contribution is 8.02. The predicted octanol–water partition coefficient (Wildman–Crippen LogP) is 4.42. The minimum atomic E-state index is -0.145. The molecule has 1 aromatic heterocycles. The molecule has 140 valence electrons. The van der Waals surface area contributed by atoms with Crippen molar-refractivity contribution in [3.8, 4) is 0 Å². The van der Waals surface area contributed by atoms with Crippen molar-refractivity contribution in [2.24, 2.45) is 0 Å². The van der Waals surface area contributed by atoms with Gasteiger partial charge < -0.3 is 10.2 Å². The van der Waals surface area contributed by atoms with Gasteiger partial charge in [-0.15, -0.1) is 10.2 Å². The molecule has 7 heteroatoms. The number of carbonyl (C=O) groups is 1. The van der Waals surface area contributed by atoms with Gasteiger partial charge in [-0.2, -0.15) is 0 Å². The summed E-state index contributed by atoms with van der Waals surface area (Å²) < 4.78 is 0.832. The summed E-state index contributed by atoms with van der Waals surface area (Å²) >= 11 is 3.01. The molecule has 1 aliphatic heterocycles. The average Bonchev–Trinajstić information content (AvgIpc) is 3.08. The Morgan fingerprint density at radius 3 is 2.65 bits per heavy atom. The lowest BCUT2D eigenvalue weighted by Crippen LogP contribution is -2.50. The highest BCUT2D eigenvalue weighted by Crippen LogP contribution is 2.32. The number of benzene rings is 1. The Balaban J connectivity index is 1.55. The third-order valence-electron chi connectivity index (χ3n) is 4.77. The molecule has 1 amide bonds. The molecule has 3 rings (SSSR count). The van der Waals surface area contributed by atoms with Crippen LogP contribution in [-0.4, -0.2) is 38.3 Å². The van der Waals surface area contributed by atoms with Crippen molar-refractivity contribution in [1.82, 2.24) is 15.1 Å². The second-order valence-electron chi connectivity index (χ2n) is 6.85. The number of rotatable bonds is 6. The van der Waals surface area contributed by atoms with Crippen LogP contribution in [0.3, 0.4) is 0 Å². The Morgan fingerprint density at radius 1 is 1.27 bits per heavy atom. The topological polar surface area (TPSA) is 58.1 Å². The first-order valence-corrected chi connectivity index (χ1v) is 10.8. The van der Waals surface area contributed by atoms with E-state index < -0.39 is 0 Å². The van der Waals surface area contributed by atoms with Crippen LogP contribution in [0.4, 0.5) is 5.13 Å². The molecule has 5 nitrogen and oxygen atoms in total. The van der Waals surface area contributed by atoms with Crippen LogP contribution in [0.2, 0.25) is 0 Å². The van der Waals surface area contributed by atoms with Crippen molar-refractivity contribution in [1.29, 1.82) is 0 Å². The van der Waals surface area contributed by atoms with E-state index >= 15 is 0 Å². The molecule has 0 bridgehead atoms. The van der Waals surface area contributed by atoms with Crippen molar-refractivity contribution >= 4 is 34.1 Å². The van der Waals surface area contributed by atoms with Crippen LogP contribution in [0.15, 0.2) is 34.7 Å². The van der Waals surface area contributed by atoms with E-state index in [2.05, 4.69) is 46.4 Å². The maximum atomic E-state index is 12.9. The number of piperidine rings is 1. The van der Waals surface area contributed by atoms with Crippen molar-refractivity contribution < 1.29 is 4.79 Å². The number of hydrogen-bond acceptors (Lipinski definition) is 6. The zero-order valence-corrected chi connectivity index (χ0v) is 17.1. The van der Waals surface area contributed by atoms with E-state index in [9.17, 15) is 4.79 Å². The lowest BCUT2D eigenvalue weighted by atomic mass is 9.97. The number of likely N-dealkylation sites (tertiary alicyclic amines) is 1. The summed E-state index contributed by atoms with van der Waals surface area (Å²) in [6, 6.07) is 10.9. The monoisotopic (exact) mass is 390 g/mol. The average molecular weight is 391 g/mol. The number of hydrogen-bond donors (Lipinski definition) is 1. The van der Waals surface area contributed by atoms with Crippen molar-refractivity contribution in [3.05, 3.63) is 35.9 Å². The predicted molar refractivity (Wildman–Crippen MR) is 109 cm³/mol. The van der Waals surface area contributed by atoms with Crippen LogP contribution in [0, 0.1) is 0 Å². The largest absolute Gasteiger partial charge is 0.356 e. The number of carbonyl (C=O) groups excluding carboxylic acids is 1. The van der Waals surface area contributed by atoms with Gasteiger partial charge in [0.05, 0.1) is 5.25 Å². The number of nitrogens with zero attached hydrogens (tertiary/aromatic N) is 3. The molecule has 0 aliphatic carbocycles. The molecule has 1 fully saturated rings. The highest BCUT2D eigenvalue weighted by atomic mass is 32.2. The van der Waals surface area contributed by atoms with Crippen LogP contribution in [0.5, 0.6) is 0 Å². The fourth-order valence-corrected chi connectivity index (χ4v) is 5.32. The van der Waals surface area contributed by atoms with Gasteiger partial charge in [-0.1, -0.05) is 53.4 Å². The van der Waals surface area contributed by atoms with E-state index in [4.69, 9.17) is 0 Å². The highest BCUT2D eigenvalue weighted by Gasteiger charge is 2.32. The van der Waals surface area contributed by atoms with E-state index in [1.165, 1.54) is 35.1 Å². The van der Waals surface area contributed by atoms with Gasteiger partial charge in [-0.3, -0.25) is 4.79 Å². The summed E-state index contributed by atoms with van der Waals surface area (Å²) in [5.41, 5.74) is 1.20. The van der Waals surface area contributed by atoms with Gasteiger partial charge in [-0.25, -0.2) is 0 Å². The molecule has 1 N–H and O–H groups in total. The summed E-state index contributed by atoms with van der Waals surface area (Å²) in [7, 11) is 0. The molecular weight excluding hydrogens is 364 g/mol. The fraction of sp³-hybridized carbons (Fsp3) is 0.526. The van der Waals surface area contributed by atoms with E-state index in [0.29, 0.717) is 12.1 Å². The summed E-state index contributed by atoms with van der Waals surface area (Å²) in [6.07, 6.45) is 3.40. The molecular formula is C19H26N4OS2. The minimum Gasteiger partial charge on any atom is -0.356 e. The number of anilines is 1. The summed E-state index contributed by atoms with van der Waals surface area (Å²) in [5.74, 6) is 0.212. The third kappa shape index (κ3) is 4.76. The minimum absolute atomic E-state index is 0.145. The molecule has 0 spiro atoms. The third-order valence-corrected chi connectivity index (χ3v) is 6.82. The first-order valence-electron chi connectivity index (χ1n) is 9.14. The maximum absolute atomic E-state index is 12.9. The molecule has 0 saturated carbocycles. The molecule has 2 aromatic rings. The van der Waals surface area contributed by atoms with Crippen LogP contribution in [0.25, 0.3) is 0 Å². The summed E-state index contributed by atoms with van der Waals surface area (Å²) in [6.45, 7) is 7.00. The van der Waals surface area contributed by atoms with Gasteiger partial charge in [0.2, 0.25) is 11.0 Å². The number of amides is 1. The Kier molecular flexibility index (Phi) is 6.53. The van der Waals surface area contributed by atoms with E-state index in [-0.39, 0.29) is 11.2 Å². The van der Waals surface area contributed by atoms with Gasteiger partial charge in [0.25, 0.3) is 0 Å². The zero-order valence-electron chi connectivity index (χ0n) is 15.5. The van der Waals surface area contributed by atoms with Crippen LogP contribution >= 0.6 is 23.1 Å². The summed E-state index contributed by atoms with van der Waals surface area (Å²) in [5, 5.41) is 12.4. The smallest absolute Gasteiger partial charge is 0.236 e. The van der Waals surface area contributed by atoms with E-state index in [1.54, 1.807) is 0 Å². The molecule has 1 aliphatic rings. The van der Waals surface area contributed by atoms with E-state index in [1.807, 2.05) is 25.1 Å². The standard InChI is InChI=1S/C19H26N4OS2/c1-13-8-7-9-14(2)23(13)17(24)15(3)25-19-22-21-18(26-19)20-12-16-10-5-4-6-11-16/h4-6,10-11,13-15H,7-9,12H2,1-3H3,(H,20,21)/t13-,14+,15-/m1/s1. The van der Waals surface area contributed by atoms with Crippen LogP contribution in [0.1, 0.15) is 45.6 Å². The Bertz CT molecular complexity index is 711. The number of nitrogens with one attached hydrogen (secondary N) is 1. The molecule has 0 unspecified atom stereocenters. The first kappa shape index (κ1) is 19.2. The second-order valence-corrected chi connectivity index (χ2v) is 9.41. The van der Waals surface area contributed by atoms with Crippen molar-refractivity contribution in [3.63, 3.8) is 0 Å². The van der Waals surface area contributed by atoms with E-state index in [0.717, 1.165) is 28.9 Å². The quantitative estimate of drug-likeness (QED) is 0.740. The molecule has 26 heavy (non-hydrogen) atoms. The molecule has 3 atom stereocenters. The Hall–Kier alpha value is -1.60. The van der Waals surface area contributed by atoms with Crippen molar-refractivity contribution in [2.45, 2.75) is 68.3 Å². The molecule has 2 heterocycles. The fourth-order valence-electron chi connectivity index (χ4n) is 3.37. The lowest BCUT2D eigenvalue weighted by Gasteiger charge is -2.40. The molecule has 1 saturated heterocycles. The van der Waals surface area contributed by atoms with Gasteiger partial charge in [0.15, 0.2) is 4.34 Å². The number of thioether (sulfide) groups is 1.